The zero-order chi connectivity index (χ0) is 11.2. The first-order chi connectivity index (χ1) is 7.88. The molecule has 0 spiro atoms. The first kappa shape index (κ1) is 10.7. The molecule has 0 unspecified atom stereocenters. The van der Waals surface area contributed by atoms with Gasteiger partial charge < -0.3 is 15.0 Å². The number of aromatic amines is 1. The number of ether oxygens (including phenoxy) is 1. The second-order valence-corrected chi connectivity index (χ2v) is 3.49. The Bertz CT molecular complexity index is 408. The second kappa shape index (κ2) is 5.32. The van der Waals surface area contributed by atoms with Gasteiger partial charge in [-0.25, -0.2) is 4.98 Å². The second-order valence-electron chi connectivity index (χ2n) is 3.49. The van der Waals surface area contributed by atoms with Gasteiger partial charge >= 0.3 is 0 Å². The summed E-state index contributed by atoms with van der Waals surface area (Å²) in [5.74, 6) is 1.84. The van der Waals surface area contributed by atoms with E-state index in [-0.39, 0.29) is 0 Å². The molecule has 2 N–H and O–H groups in total. The molecule has 0 atom stereocenters. The van der Waals surface area contributed by atoms with Crippen LogP contribution in [0.4, 0.5) is 0 Å². The number of H-pyrrole nitrogens is 1. The predicted molar refractivity (Wildman–Crippen MR) is 62.1 cm³/mol. The van der Waals surface area contributed by atoms with E-state index in [9.17, 15) is 0 Å². The molecule has 0 radical (unpaired) electrons. The molecule has 0 aliphatic rings. The molecule has 0 saturated carbocycles. The van der Waals surface area contributed by atoms with Crippen LogP contribution in [0.3, 0.4) is 0 Å². The quantitative estimate of drug-likeness (QED) is 0.801. The number of aromatic nitrogens is 2. The Labute approximate surface area is 94.7 Å². The van der Waals surface area contributed by atoms with Crippen molar-refractivity contribution in [3.05, 3.63) is 48.0 Å². The van der Waals surface area contributed by atoms with Crippen LogP contribution < -0.4 is 10.1 Å². The molecular formula is C12H15N3O. The van der Waals surface area contributed by atoms with E-state index in [0.717, 1.165) is 24.7 Å². The molecule has 2 rings (SSSR count). The molecule has 0 saturated heterocycles. The Hall–Kier alpha value is -1.81. The molecule has 1 heterocycles. The number of nitrogens with zero attached hydrogens (tertiary/aromatic N) is 1. The summed E-state index contributed by atoms with van der Waals surface area (Å²) in [6.45, 7) is 1.57. The number of rotatable bonds is 5. The van der Waals surface area contributed by atoms with Gasteiger partial charge in [0.15, 0.2) is 0 Å². The van der Waals surface area contributed by atoms with E-state index in [2.05, 4.69) is 15.3 Å². The molecule has 0 amide bonds. The summed E-state index contributed by atoms with van der Waals surface area (Å²) in [6, 6.07) is 8.02. The molecule has 0 fully saturated rings. The fraction of sp³-hybridized carbons (Fsp3) is 0.250. The first-order valence-corrected chi connectivity index (χ1v) is 5.20. The first-order valence-electron chi connectivity index (χ1n) is 5.20. The summed E-state index contributed by atoms with van der Waals surface area (Å²) in [6.07, 6.45) is 3.58. The average Bonchev–Trinajstić information content (AvgIpc) is 2.83. The number of methoxy groups -OCH3 is 1. The third-order valence-corrected chi connectivity index (χ3v) is 2.34. The lowest BCUT2D eigenvalue weighted by atomic mass is 10.2. The van der Waals surface area contributed by atoms with Crippen LogP contribution in [-0.4, -0.2) is 17.1 Å². The minimum absolute atomic E-state index is 0.749. The van der Waals surface area contributed by atoms with Gasteiger partial charge in [0.2, 0.25) is 0 Å². The van der Waals surface area contributed by atoms with Gasteiger partial charge in [0.1, 0.15) is 11.6 Å². The van der Waals surface area contributed by atoms with Gasteiger partial charge in [-0.1, -0.05) is 12.1 Å². The summed E-state index contributed by atoms with van der Waals surface area (Å²) in [5, 5.41) is 3.31. The van der Waals surface area contributed by atoms with E-state index in [1.807, 2.05) is 30.5 Å². The van der Waals surface area contributed by atoms with Crippen LogP contribution in [0.5, 0.6) is 5.75 Å². The number of hydrogen-bond acceptors (Lipinski definition) is 3. The fourth-order valence-corrected chi connectivity index (χ4v) is 1.46. The average molecular weight is 217 g/mol. The van der Waals surface area contributed by atoms with Gasteiger partial charge in [-0.2, -0.15) is 0 Å². The van der Waals surface area contributed by atoms with Crippen LogP contribution in [0.2, 0.25) is 0 Å². The Kier molecular flexibility index (Phi) is 3.56. The maximum Gasteiger partial charge on any atom is 0.120 e. The van der Waals surface area contributed by atoms with E-state index < -0.39 is 0 Å². The van der Waals surface area contributed by atoms with Crippen molar-refractivity contribution in [1.29, 1.82) is 0 Å². The topological polar surface area (TPSA) is 49.9 Å². The molecule has 1 aromatic carbocycles. The zero-order valence-electron chi connectivity index (χ0n) is 9.23. The van der Waals surface area contributed by atoms with Crippen LogP contribution in [0, 0.1) is 0 Å². The standard InChI is InChI=1S/C12H15N3O/c1-16-11-4-2-10(3-5-11)8-13-9-12-14-6-7-15-12/h2-7,13H,8-9H2,1H3,(H,14,15). The van der Waals surface area contributed by atoms with E-state index in [4.69, 9.17) is 4.74 Å². The molecule has 1 aromatic heterocycles. The Morgan fingerprint density at radius 2 is 2.06 bits per heavy atom. The molecule has 16 heavy (non-hydrogen) atoms. The SMILES string of the molecule is COc1ccc(CNCc2ncc[nH]2)cc1. The van der Waals surface area contributed by atoms with Gasteiger partial charge in [-0.05, 0) is 17.7 Å². The van der Waals surface area contributed by atoms with Crippen LogP contribution in [0.1, 0.15) is 11.4 Å². The van der Waals surface area contributed by atoms with Crippen LogP contribution in [0.15, 0.2) is 36.7 Å². The van der Waals surface area contributed by atoms with Crippen molar-refractivity contribution in [2.45, 2.75) is 13.1 Å². The third kappa shape index (κ3) is 2.84. The number of imidazole rings is 1. The summed E-state index contributed by atoms with van der Waals surface area (Å²) in [4.78, 5) is 7.18. The lowest BCUT2D eigenvalue weighted by Gasteiger charge is -2.04. The van der Waals surface area contributed by atoms with E-state index in [1.54, 1.807) is 13.3 Å². The highest BCUT2D eigenvalue weighted by atomic mass is 16.5. The molecule has 4 nitrogen and oxygen atoms in total. The van der Waals surface area contributed by atoms with Gasteiger partial charge in [0.25, 0.3) is 0 Å². The molecule has 4 heteroatoms. The van der Waals surface area contributed by atoms with Crippen molar-refractivity contribution in [1.82, 2.24) is 15.3 Å². The Balaban J connectivity index is 1.81. The molecule has 0 aliphatic heterocycles. The fourth-order valence-electron chi connectivity index (χ4n) is 1.46. The zero-order valence-corrected chi connectivity index (χ0v) is 9.23. The number of hydrogen-bond donors (Lipinski definition) is 2. The van der Waals surface area contributed by atoms with E-state index in [0.29, 0.717) is 0 Å². The summed E-state index contributed by atoms with van der Waals surface area (Å²) < 4.78 is 5.10. The lowest BCUT2D eigenvalue weighted by Crippen LogP contribution is -2.13. The van der Waals surface area contributed by atoms with Gasteiger partial charge in [-0.3, -0.25) is 0 Å². The highest BCUT2D eigenvalue weighted by Crippen LogP contribution is 2.10. The highest BCUT2D eigenvalue weighted by Gasteiger charge is 1.96. The smallest absolute Gasteiger partial charge is 0.120 e. The van der Waals surface area contributed by atoms with Crippen molar-refractivity contribution in [2.24, 2.45) is 0 Å². The molecule has 0 aliphatic carbocycles. The van der Waals surface area contributed by atoms with Crippen molar-refractivity contribution < 1.29 is 4.74 Å². The molecule has 84 valence electrons. The predicted octanol–water partition coefficient (Wildman–Crippen LogP) is 1.71. The summed E-state index contributed by atoms with van der Waals surface area (Å²) in [5.41, 5.74) is 1.23. The third-order valence-electron chi connectivity index (χ3n) is 2.34. The van der Waals surface area contributed by atoms with Gasteiger partial charge in [0, 0.05) is 18.9 Å². The normalized spacial score (nSPS) is 10.3. The van der Waals surface area contributed by atoms with E-state index in [1.165, 1.54) is 5.56 Å². The summed E-state index contributed by atoms with van der Waals surface area (Å²) >= 11 is 0. The number of nitrogens with one attached hydrogen (secondary N) is 2. The Morgan fingerprint density at radius 1 is 1.25 bits per heavy atom. The largest absolute Gasteiger partial charge is 0.497 e. The maximum absolute atomic E-state index is 5.10. The number of benzene rings is 1. The molecule has 0 bridgehead atoms. The van der Waals surface area contributed by atoms with Gasteiger partial charge in [-0.15, -0.1) is 0 Å². The van der Waals surface area contributed by atoms with Crippen LogP contribution in [-0.2, 0) is 13.1 Å². The van der Waals surface area contributed by atoms with Crippen LogP contribution in [0.25, 0.3) is 0 Å². The summed E-state index contributed by atoms with van der Waals surface area (Å²) in [7, 11) is 1.67. The van der Waals surface area contributed by atoms with Gasteiger partial charge in [0.05, 0.1) is 13.7 Å². The maximum atomic E-state index is 5.10. The molecule has 2 aromatic rings. The van der Waals surface area contributed by atoms with Crippen molar-refractivity contribution in [2.75, 3.05) is 7.11 Å². The highest BCUT2D eigenvalue weighted by molar-refractivity contribution is 5.26. The lowest BCUT2D eigenvalue weighted by molar-refractivity contribution is 0.414. The van der Waals surface area contributed by atoms with E-state index >= 15 is 0 Å². The minimum atomic E-state index is 0.749. The van der Waals surface area contributed by atoms with Crippen LogP contribution >= 0.6 is 0 Å². The van der Waals surface area contributed by atoms with Crippen molar-refractivity contribution in [3.8, 4) is 5.75 Å². The Morgan fingerprint density at radius 3 is 2.69 bits per heavy atom. The minimum Gasteiger partial charge on any atom is -0.497 e. The van der Waals surface area contributed by atoms with Crippen molar-refractivity contribution >= 4 is 0 Å². The van der Waals surface area contributed by atoms with Crippen molar-refractivity contribution in [3.63, 3.8) is 0 Å². The monoisotopic (exact) mass is 217 g/mol. The molecular weight excluding hydrogens is 202 g/mol.